The second kappa shape index (κ2) is 5.28. The van der Waals surface area contributed by atoms with Crippen molar-refractivity contribution in [2.75, 3.05) is 7.11 Å². The number of benzene rings is 1. The Hall–Kier alpha value is -1.41. The quantitative estimate of drug-likeness (QED) is 0.760. The van der Waals surface area contributed by atoms with Crippen LogP contribution < -0.4 is 4.74 Å². The highest BCUT2D eigenvalue weighted by Gasteiger charge is 2.16. The Bertz CT molecular complexity index is 473. The summed E-state index contributed by atoms with van der Waals surface area (Å²) in [5.41, 5.74) is 2.09. The van der Waals surface area contributed by atoms with E-state index in [-0.39, 0.29) is 5.38 Å². The van der Waals surface area contributed by atoms with Crippen LogP contribution in [0.25, 0.3) is 0 Å². The number of alkyl halides is 1. The van der Waals surface area contributed by atoms with E-state index in [4.69, 9.17) is 20.8 Å². The Morgan fingerprint density at radius 2 is 1.94 bits per heavy atom. The van der Waals surface area contributed by atoms with Crippen LogP contribution >= 0.6 is 11.6 Å². The lowest BCUT2D eigenvalue weighted by Gasteiger charge is -2.10. The standard InChI is InChI=1S/C14H15ClO2/c1-3-13-12(8-9-17-13)14(15)10-4-6-11(16-2)7-5-10/h4-9,14H,3H2,1-2H3. The molecule has 2 rings (SSSR count). The molecule has 2 aromatic rings. The predicted octanol–water partition coefficient (Wildman–Crippen LogP) is 4.18. The maximum absolute atomic E-state index is 6.45. The van der Waals surface area contributed by atoms with Crippen LogP contribution in [0.5, 0.6) is 5.75 Å². The molecule has 0 fully saturated rings. The number of rotatable bonds is 4. The summed E-state index contributed by atoms with van der Waals surface area (Å²) in [5.74, 6) is 1.78. The molecule has 0 radical (unpaired) electrons. The van der Waals surface area contributed by atoms with E-state index in [0.717, 1.165) is 29.1 Å². The topological polar surface area (TPSA) is 22.4 Å². The van der Waals surface area contributed by atoms with E-state index in [1.165, 1.54) is 0 Å². The molecule has 0 aliphatic heterocycles. The number of aryl methyl sites for hydroxylation is 1. The van der Waals surface area contributed by atoms with Gasteiger partial charge in [0.15, 0.2) is 0 Å². The summed E-state index contributed by atoms with van der Waals surface area (Å²) in [6.07, 6.45) is 2.54. The molecule has 0 saturated carbocycles. The molecule has 1 aromatic carbocycles. The number of furan rings is 1. The summed E-state index contributed by atoms with van der Waals surface area (Å²) in [5, 5.41) is -0.172. The second-order valence-corrected chi connectivity index (χ2v) is 4.22. The zero-order chi connectivity index (χ0) is 12.3. The van der Waals surface area contributed by atoms with Crippen molar-refractivity contribution in [1.82, 2.24) is 0 Å². The zero-order valence-electron chi connectivity index (χ0n) is 9.94. The van der Waals surface area contributed by atoms with Gasteiger partial charge in [-0.15, -0.1) is 11.6 Å². The number of hydrogen-bond acceptors (Lipinski definition) is 2. The van der Waals surface area contributed by atoms with Crippen LogP contribution in [0.3, 0.4) is 0 Å². The molecule has 2 nitrogen and oxygen atoms in total. The summed E-state index contributed by atoms with van der Waals surface area (Å²) in [6, 6.07) is 9.71. The molecule has 0 spiro atoms. The third kappa shape index (κ3) is 2.47. The van der Waals surface area contributed by atoms with Gasteiger partial charge in [0.05, 0.1) is 18.8 Å². The molecular weight excluding hydrogens is 236 g/mol. The van der Waals surface area contributed by atoms with Gasteiger partial charge in [-0.05, 0) is 23.8 Å². The normalized spacial score (nSPS) is 12.4. The van der Waals surface area contributed by atoms with Gasteiger partial charge in [0.1, 0.15) is 11.5 Å². The first-order valence-electron chi connectivity index (χ1n) is 5.60. The van der Waals surface area contributed by atoms with Crippen LogP contribution in [0.4, 0.5) is 0 Å². The molecular formula is C14H15ClO2. The van der Waals surface area contributed by atoms with Crippen LogP contribution in [-0.4, -0.2) is 7.11 Å². The third-order valence-electron chi connectivity index (χ3n) is 2.78. The van der Waals surface area contributed by atoms with Gasteiger partial charge in [-0.2, -0.15) is 0 Å². The molecule has 3 heteroatoms. The lowest BCUT2D eigenvalue weighted by atomic mass is 10.0. The van der Waals surface area contributed by atoms with Crippen molar-refractivity contribution in [1.29, 1.82) is 0 Å². The van der Waals surface area contributed by atoms with E-state index in [1.54, 1.807) is 13.4 Å². The number of hydrogen-bond donors (Lipinski definition) is 0. The van der Waals surface area contributed by atoms with E-state index in [0.29, 0.717) is 0 Å². The zero-order valence-corrected chi connectivity index (χ0v) is 10.7. The smallest absolute Gasteiger partial charge is 0.118 e. The van der Waals surface area contributed by atoms with Crippen LogP contribution in [0.1, 0.15) is 29.2 Å². The van der Waals surface area contributed by atoms with Gasteiger partial charge in [0, 0.05) is 12.0 Å². The number of ether oxygens (including phenoxy) is 1. The summed E-state index contributed by atoms with van der Waals surface area (Å²) < 4.78 is 10.5. The van der Waals surface area contributed by atoms with Gasteiger partial charge in [-0.1, -0.05) is 19.1 Å². The fourth-order valence-electron chi connectivity index (χ4n) is 1.82. The van der Waals surface area contributed by atoms with Gasteiger partial charge in [-0.25, -0.2) is 0 Å². The molecule has 17 heavy (non-hydrogen) atoms. The van der Waals surface area contributed by atoms with Crippen molar-refractivity contribution >= 4 is 11.6 Å². The van der Waals surface area contributed by atoms with E-state index in [2.05, 4.69) is 6.92 Å². The minimum Gasteiger partial charge on any atom is -0.497 e. The van der Waals surface area contributed by atoms with Gasteiger partial charge in [-0.3, -0.25) is 0 Å². The molecule has 0 amide bonds. The molecule has 0 N–H and O–H groups in total. The number of methoxy groups -OCH3 is 1. The fourth-order valence-corrected chi connectivity index (χ4v) is 2.16. The van der Waals surface area contributed by atoms with Crippen LogP contribution in [-0.2, 0) is 6.42 Å². The SMILES string of the molecule is CCc1occc1C(Cl)c1ccc(OC)cc1. The Balaban J connectivity index is 2.27. The minimum atomic E-state index is -0.172. The maximum atomic E-state index is 6.45. The summed E-state index contributed by atoms with van der Waals surface area (Å²) in [4.78, 5) is 0. The predicted molar refractivity (Wildman–Crippen MR) is 68.8 cm³/mol. The first kappa shape index (κ1) is 12.1. The van der Waals surface area contributed by atoms with Gasteiger partial charge >= 0.3 is 0 Å². The monoisotopic (exact) mass is 250 g/mol. The van der Waals surface area contributed by atoms with Crippen molar-refractivity contribution in [2.45, 2.75) is 18.7 Å². The molecule has 1 heterocycles. The largest absolute Gasteiger partial charge is 0.497 e. The Morgan fingerprint density at radius 1 is 1.24 bits per heavy atom. The van der Waals surface area contributed by atoms with Gasteiger partial charge in [0.25, 0.3) is 0 Å². The fraction of sp³-hybridized carbons (Fsp3) is 0.286. The first-order chi connectivity index (χ1) is 8.26. The van der Waals surface area contributed by atoms with E-state index >= 15 is 0 Å². The van der Waals surface area contributed by atoms with E-state index in [9.17, 15) is 0 Å². The molecule has 0 aliphatic carbocycles. The Kier molecular flexibility index (Phi) is 3.75. The Morgan fingerprint density at radius 3 is 2.53 bits per heavy atom. The molecule has 1 aromatic heterocycles. The van der Waals surface area contributed by atoms with Crippen molar-refractivity contribution in [3.8, 4) is 5.75 Å². The van der Waals surface area contributed by atoms with Crippen molar-refractivity contribution in [3.05, 3.63) is 53.5 Å². The molecule has 1 unspecified atom stereocenters. The van der Waals surface area contributed by atoms with Gasteiger partial charge < -0.3 is 9.15 Å². The Labute approximate surface area is 106 Å². The van der Waals surface area contributed by atoms with Crippen molar-refractivity contribution < 1.29 is 9.15 Å². The number of halogens is 1. The summed E-state index contributed by atoms with van der Waals surface area (Å²) >= 11 is 6.45. The average molecular weight is 251 g/mol. The van der Waals surface area contributed by atoms with E-state index < -0.39 is 0 Å². The van der Waals surface area contributed by atoms with Crippen LogP contribution in [0.15, 0.2) is 41.0 Å². The first-order valence-corrected chi connectivity index (χ1v) is 6.04. The lowest BCUT2D eigenvalue weighted by molar-refractivity contribution is 0.414. The van der Waals surface area contributed by atoms with Crippen molar-refractivity contribution in [3.63, 3.8) is 0 Å². The van der Waals surface area contributed by atoms with Gasteiger partial charge in [0.2, 0.25) is 0 Å². The average Bonchev–Trinajstić information content (AvgIpc) is 2.86. The molecule has 0 aliphatic rings. The lowest BCUT2D eigenvalue weighted by Crippen LogP contribution is -1.95. The van der Waals surface area contributed by atoms with Crippen LogP contribution in [0, 0.1) is 0 Å². The van der Waals surface area contributed by atoms with Crippen molar-refractivity contribution in [2.24, 2.45) is 0 Å². The molecule has 1 atom stereocenters. The maximum Gasteiger partial charge on any atom is 0.118 e. The molecule has 0 bridgehead atoms. The minimum absolute atomic E-state index is 0.172. The molecule has 0 saturated heterocycles. The second-order valence-electron chi connectivity index (χ2n) is 3.79. The van der Waals surface area contributed by atoms with Crippen LogP contribution in [0.2, 0.25) is 0 Å². The van der Waals surface area contributed by atoms with E-state index in [1.807, 2.05) is 30.3 Å². The highest BCUT2D eigenvalue weighted by molar-refractivity contribution is 6.22. The molecule has 90 valence electrons. The summed E-state index contributed by atoms with van der Waals surface area (Å²) in [7, 11) is 1.65. The third-order valence-corrected chi connectivity index (χ3v) is 3.27. The highest BCUT2D eigenvalue weighted by atomic mass is 35.5. The summed E-state index contributed by atoms with van der Waals surface area (Å²) in [6.45, 7) is 2.06. The highest BCUT2D eigenvalue weighted by Crippen LogP contribution is 2.32.